The van der Waals surface area contributed by atoms with E-state index in [-0.39, 0.29) is 28.2 Å². The summed E-state index contributed by atoms with van der Waals surface area (Å²) >= 11 is 6.95. The molecule has 1 fully saturated rings. The first-order valence-corrected chi connectivity index (χ1v) is 11.4. The number of hydrogen-bond acceptors (Lipinski definition) is 6. The highest BCUT2D eigenvalue weighted by Gasteiger charge is 2.29. The molecule has 1 aliphatic rings. The summed E-state index contributed by atoms with van der Waals surface area (Å²) in [6, 6.07) is 6.11. The fourth-order valence-electron chi connectivity index (χ4n) is 3.46. The van der Waals surface area contributed by atoms with Crippen LogP contribution in [0.3, 0.4) is 0 Å². The molecule has 0 aliphatic heterocycles. The molecule has 0 atom stereocenters. The summed E-state index contributed by atoms with van der Waals surface area (Å²) in [4.78, 5) is 38.1. The molecule has 0 bridgehead atoms. The summed E-state index contributed by atoms with van der Waals surface area (Å²) in [6.45, 7) is 3.52. The van der Waals surface area contributed by atoms with Crippen LogP contribution in [-0.4, -0.2) is 30.7 Å². The molecular formula is C22H25ClN2O5S. The van der Waals surface area contributed by atoms with Crippen molar-refractivity contribution in [2.24, 2.45) is 0 Å². The summed E-state index contributed by atoms with van der Waals surface area (Å²) in [7, 11) is 0. The molecule has 2 N–H and O–H groups in total. The summed E-state index contributed by atoms with van der Waals surface area (Å²) in [5, 5.41) is 6.02. The summed E-state index contributed by atoms with van der Waals surface area (Å²) in [5.41, 5.74) is 1.08. The maximum atomic E-state index is 12.8. The van der Waals surface area contributed by atoms with Crippen molar-refractivity contribution in [2.75, 3.05) is 17.2 Å². The van der Waals surface area contributed by atoms with Crippen molar-refractivity contribution in [1.29, 1.82) is 0 Å². The third kappa shape index (κ3) is 5.98. The van der Waals surface area contributed by atoms with Gasteiger partial charge < -0.3 is 14.8 Å². The van der Waals surface area contributed by atoms with Gasteiger partial charge >= 0.3 is 18.0 Å². The van der Waals surface area contributed by atoms with Gasteiger partial charge in [0, 0.05) is 10.7 Å². The van der Waals surface area contributed by atoms with Crippen molar-refractivity contribution >= 4 is 51.6 Å². The first-order chi connectivity index (χ1) is 14.9. The van der Waals surface area contributed by atoms with Crippen LogP contribution in [-0.2, 0) is 9.47 Å². The SMILES string of the molecule is CCOC(=O)c1c(NC(=O)Nc2cccc(Cl)c2)sc(C(=O)OC2CCCCC2)c1C. The number of carbonyl (C=O) groups excluding carboxylic acids is 3. The molecule has 31 heavy (non-hydrogen) atoms. The van der Waals surface area contributed by atoms with Crippen LogP contribution in [0.2, 0.25) is 5.02 Å². The van der Waals surface area contributed by atoms with Crippen molar-refractivity contribution in [1.82, 2.24) is 0 Å². The number of ether oxygens (including phenoxy) is 2. The Morgan fingerprint density at radius 1 is 1.13 bits per heavy atom. The molecule has 9 heteroatoms. The first kappa shape index (κ1) is 23.1. The molecule has 1 aromatic carbocycles. The second-order valence-corrected chi connectivity index (χ2v) is 8.69. The monoisotopic (exact) mass is 464 g/mol. The Bertz CT molecular complexity index is 969. The average molecular weight is 465 g/mol. The molecule has 1 aromatic heterocycles. The Balaban J connectivity index is 1.81. The Morgan fingerprint density at radius 2 is 1.87 bits per heavy atom. The van der Waals surface area contributed by atoms with E-state index < -0.39 is 18.0 Å². The molecule has 1 heterocycles. The largest absolute Gasteiger partial charge is 0.462 e. The first-order valence-electron chi connectivity index (χ1n) is 10.2. The highest BCUT2D eigenvalue weighted by atomic mass is 35.5. The Hall–Kier alpha value is -2.58. The lowest BCUT2D eigenvalue weighted by Crippen LogP contribution is -2.21. The van der Waals surface area contributed by atoms with E-state index in [1.165, 1.54) is 0 Å². The molecule has 166 valence electrons. The fraction of sp³-hybridized carbons (Fsp3) is 0.409. The number of nitrogens with one attached hydrogen (secondary N) is 2. The number of hydrogen-bond donors (Lipinski definition) is 2. The lowest BCUT2D eigenvalue weighted by Gasteiger charge is -2.21. The quantitative estimate of drug-likeness (QED) is 0.510. The summed E-state index contributed by atoms with van der Waals surface area (Å²) < 4.78 is 10.8. The van der Waals surface area contributed by atoms with Crippen LogP contribution in [0.5, 0.6) is 0 Å². The molecule has 1 aliphatic carbocycles. The number of urea groups is 1. The molecule has 0 unspecified atom stereocenters. The third-order valence-corrected chi connectivity index (χ3v) is 6.37. The van der Waals surface area contributed by atoms with E-state index in [0.29, 0.717) is 16.3 Å². The van der Waals surface area contributed by atoms with Crippen LogP contribution in [0.25, 0.3) is 0 Å². The van der Waals surface area contributed by atoms with Gasteiger partial charge in [0.25, 0.3) is 0 Å². The van der Waals surface area contributed by atoms with Gasteiger partial charge in [-0.1, -0.05) is 24.1 Å². The maximum Gasteiger partial charge on any atom is 0.348 e. The van der Waals surface area contributed by atoms with Gasteiger partial charge in [-0.3, -0.25) is 5.32 Å². The van der Waals surface area contributed by atoms with Crippen molar-refractivity contribution in [3.8, 4) is 0 Å². The van der Waals surface area contributed by atoms with Gasteiger partial charge in [-0.05, 0) is 63.3 Å². The van der Waals surface area contributed by atoms with Gasteiger partial charge in [-0.25, -0.2) is 14.4 Å². The highest BCUT2D eigenvalue weighted by molar-refractivity contribution is 7.18. The number of halogens is 1. The molecular weight excluding hydrogens is 440 g/mol. The zero-order valence-electron chi connectivity index (χ0n) is 17.5. The van der Waals surface area contributed by atoms with Crippen molar-refractivity contribution in [3.05, 3.63) is 45.3 Å². The van der Waals surface area contributed by atoms with Gasteiger partial charge in [0.2, 0.25) is 0 Å². The van der Waals surface area contributed by atoms with Crippen LogP contribution < -0.4 is 10.6 Å². The normalized spacial score (nSPS) is 14.0. The van der Waals surface area contributed by atoms with Crippen molar-refractivity contribution in [3.63, 3.8) is 0 Å². The van der Waals surface area contributed by atoms with E-state index in [0.717, 1.165) is 43.4 Å². The maximum absolute atomic E-state index is 12.8. The van der Waals surface area contributed by atoms with Gasteiger partial charge in [0.1, 0.15) is 16.0 Å². The third-order valence-electron chi connectivity index (χ3n) is 4.95. The number of thiophene rings is 1. The predicted molar refractivity (Wildman–Crippen MR) is 121 cm³/mol. The second kappa shape index (κ2) is 10.6. The molecule has 1 saturated carbocycles. The number of amides is 2. The number of anilines is 2. The van der Waals surface area contributed by atoms with E-state index in [1.807, 2.05) is 0 Å². The van der Waals surface area contributed by atoms with Crippen LogP contribution in [0.1, 0.15) is 64.6 Å². The van der Waals surface area contributed by atoms with Crippen LogP contribution >= 0.6 is 22.9 Å². The molecule has 0 spiro atoms. The number of esters is 2. The molecule has 3 rings (SSSR count). The number of benzene rings is 1. The summed E-state index contributed by atoms with van der Waals surface area (Å²) in [5.74, 6) is -1.09. The van der Waals surface area contributed by atoms with Crippen LogP contribution in [0.4, 0.5) is 15.5 Å². The minimum atomic E-state index is -0.606. The van der Waals surface area contributed by atoms with Gasteiger partial charge in [-0.2, -0.15) is 0 Å². The summed E-state index contributed by atoms with van der Waals surface area (Å²) in [6.07, 6.45) is 4.78. The average Bonchev–Trinajstić information content (AvgIpc) is 3.04. The zero-order valence-corrected chi connectivity index (χ0v) is 19.0. The van der Waals surface area contributed by atoms with E-state index in [9.17, 15) is 14.4 Å². The lowest BCUT2D eigenvalue weighted by molar-refractivity contribution is 0.0216. The molecule has 0 radical (unpaired) electrons. The molecule has 2 aromatic rings. The highest BCUT2D eigenvalue weighted by Crippen LogP contribution is 2.35. The molecule has 2 amide bonds. The van der Waals surface area contributed by atoms with Gasteiger partial charge in [-0.15, -0.1) is 11.3 Å². The van der Waals surface area contributed by atoms with Crippen molar-refractivity contribution < 1.29 is 23.9 Å². The van der Waals surface area contributed by atoms with Crippen LogP contribution in [0.15, 0.2) is 24.3 Å². The van der Waals surface area contributed by atoms with E-state index in [1.54, 1.807) is 38.1 Å². The second-order valence-electron chi connectivity index (χ2n) is 7.24. The number of rotatable bonds is 6. The Labute approximate surface area is 190 Å². The number of carbonyl (C=O) groups is 3. The standard InChI is InChI=1S/C22H25ClN2O5S/c1-3-29-20(26)17-13(2)18(21(27)30-16-10-5-4-6-11-16)31-19(17)25-22(28)24-15-9-7-8-14(23)12-15/h7-9,12,16H,3-6,10-11H2,1-2H3,(H2,24,25,28). The van der Waals surface area contributed by atoms with Gasteiger partial charge in [0.05, 0.1) is 12.2 Å². The molecule has 7 nitrogen and oxygen atoms in total. The smallest absolute Gasteiger partial charge is 0.348 e. The Morgan fingerprint density at radius 3 is 2.55 bits per heavy atom. The predicted octanol–water partition coefficient (Wildman–Crippen LogP) is 6.02. The fourth-order valence-corrected chi connectivity index (χ4v) is 4.73. The van der Waals surface area contributed by atoms with Crippen LogP contribution in [0, 0.1) is 6.92 Å². The minimum Gasteiger partial charge on any atom is -0.462 e. The van der Waals surface area contributed by atoms with E-state index >= 15 is 0 Å². The van der Waals surface area contributed by atoms with Gasteiger partial charge in [0.15, 0.2) is 0 Å². The van der Waals surface area contributed by atoms with E-state index in [2.05, 4.69) is 10.6 Å². The topological polar surface area (TPSA) is 93.7 Å². The minimum absolute atomic E-state index is 0.115. The van der Waals surface area contributed by atoms with E-state index in [4.69, 9.17) is 21.1 Å². The Kier molecular flexibility index (Phi) is 7.92. The molecule has 0 saturated heterocycles. The zero-order chi connectivity index (χ0) is 22.4. The lowest BCUT2D eigenvalue weighted by atomic mass is 9.98. The van der Waals surface area contributed by atoms with Crippen molar-refractivity contribution in [2.45, 2.75) is 52.1 Å².